The number of nitrogens with one attached hydrogen (secondary N) is 1. The molecule has 0 aliphatic carbocycles. The molecule has 24 heteroatoms. The van der Waals surface area contributed by atoms with Gasteiger partial charge in [-0.15, -0.1) is 0 Å². The second kappa shape index (κ2) is 27.5. The van der Waals surface area contributed by atoms with E-state index in [1.54, 1.807) is 12.1 Å². The number of carbonyl (C=O) groups excluding carboxylic acids is 2. The zero-order chi connectivity index (χ0) is 43.3. The molecule has 15 atom stereocenters. The van der Waals surface area contributed by atoms with Gasteiger partial charge in [-0.05, 0) is 5.56 Å². The Balaban J connectivity index is 0.000000851. The lowest BCUT2D eigenvalue weighted by Gasteiger charge is -2.42. The van der Waals surface area contributed by atoms with Gasteiger partial charge in [-0.1, -0.05) is 30.3 Å². The van der Waals surface area contributed by atoms with E-state index in [9.17, 15) is 45.0 Å². The summed E-state index contributed by atoms with van der Waals surface area (Å²) >= 11 is 0. The first-order valence-electron chi connectivity index (χ1n) is 16.8. The van der Waals surface area contributed by atoms with Crippen LogP contribution in [0.1, 0.15) is 12.0 Å². The van der Waals surface area contributed by atoms with E-state index in [1.165, 1.54) is 7.11 Å². The Bertz CT molecular complexity index is 1220. The molecular formula is C32H56N2O22. The van der Waals surface area contributed by atoms with Crippen LogP contribution in [-0.2, 0) is 35.0 Å². The number of hydrogen-bond donors (Lipinski definition) is 18. The fourth-order valence-corrected chi connectivity index (χ4v) is 4.58. The van der Waals surface area contributed by atoms with Gasteiger partial charge in [0.1, 0.15) is 79.3 Å². The van der Waals surface area contributed by atoms with E-state index < -0.39 is 149 Å². The van der Waals surface area contributed by atoms with Crippen molar-refractivity contribution >= 4 is 17.8 Å². The first-order chi connectivity index (χ1) is 26.3. The molecule has 0 aromatic heterocycles. The molecule has 0 spiro atoms. The Labute approximate surface area is 319 Å². The molecule has 1 heterocycles. The summed E-state index contributed by atoms with van der Waals surface area (Å²) in [7, 11) is 1.21. The van der Waals surface area contributed by atoms with Crippen LogP contribution in [0.3, 0.4) is 0 Å². The number of methoxy groups -OCH3 is 1. The van der Waals surface area contributed by atoms with Gasteiger partial charge < -0.3 is 107 Å². The number of aliphatic carboxylic acids is 1. The van der Waals surface area contributed by atoms with Crippen molar-refractivity contribution in [2.75, 3.05) is 40.1 Å². The monoisotopic (exact) mass is 820 g/mol. The lowest BCUT2D eigenvalue weighted by Crippen LogP contribution is -2.61. The van der Waals surface area contributed by atoms with Gasteiger partial charge >= 0.3 is 11.9 Å². The van der Waals surface area contributed by atoms with Gasteiger partial charge in [0.05, 0.1) is 52.6 Å². The maximum atomic E-state index is 11.8. The van der Waals surface area contributed by atoms with Gasteiger partial charge in [0.2, 0.25) is 5.91 Å². The third-order valence-electron chi connectivity index (χ3n) is 7.95. The van der Waals surface area contributed by atoms with Crippen molar-refractivity contribution in [3.05, 3.63) is 35.9 Å². The summed E-state index contributed by atoms with van der Waals surface area (Å²) < 4.78 is 14.8. The van der Waals surface area contributed by atoms with E-state index in [0.29, 0.717) is 0 Å². The van der Waals surface area contributed by atoms with Crippen LogP contribution in [0, 0.1) is 0 Å². The number of nitrogens with two attached hydrogens (primary N) is 1. The number of aliphatic hydroxyl groups is 15. The van der Waals surface area contributed by atoms with Gasteiger partial charge in [-0.25, -0.2) is 4.79 Å². The van der Waals surface area contributed by atoms with Crippen LogP contribution in [0.25, 0.3) is 0 Å². The van der Waals surface area contributed by atoms with Gasteiger partial charge in [0, 0.05) is 6.42 Å². The predicted octanol–water partition coefficient (Wildman–Crippen LogP) is -9.66. The van der Waals surface area contributed by atoms with Crippen molar-refractivity contribution in [1.29, 1.82) is 0 Å². The first-order valence-corrected chi connectivity index (χ1v) is 16.8. The number of hydrogen-bond acceptors (Lipinski definition) is 22. The Morgan fingerprint density at radius 3 is 1.66 bits per heavy atom. The van der Waals surface area contributed by atoms with Crippen LogP contribution in [0.15, 0.2) is 30.3 Å². The van der Waals surface area contributed by atoms with E-state index >= 15 is 0 Å². The Morgan fingerprint density at radius 2 is 1.23 bits per heavy atom. The van der Waals surface area contributed by atoms with Crippen molar-refractivity contribution in [3.8, 4) is 0 Å². The Kier molecular flexibility index (Phi) is 26.0. The number of rotatable bonds is 20. The van der Waals surface area contributed by atoms with Gasteiger partial charge in [0.15, 0.2) is 6.29 Å². The molecule has 2 rings (SSSR count). The number of carbonyl (C=O) groups is 3. The highest BCUT2D eigenvalue weighted by atomic mass is 16.7. The third-order valence-corrected chi connectivity index (χ3v) is 7.95. The fraction of sp³-hybridized carbons (Fsp3) is 0.719. The molecule has 1 fully saturated rings. The summed E-state index contributed by atoms with van der Waals surface area (Å²) in [4.78, 5) is 34.0. The highest BCUT2D eigenvalue weighted by molar-refractivity contribution is 5.89. The zero-order valence-corrected chi connectivity index (χ0v) is 30.2. The fourth-order valence-electron chi connectivity index (χ4n) is 4.58. The lowest BCUT2D eigenvalue weighted by molar-refractivity contribution is -0.327. The Morgan fingerprint density at radius 1 is 0.750 bits per heavy atom. The quantitative estimate of drug-likeness (QED) is 0.0543. The summed E-state index contributed by atoms with van der Waals surface area (Å²) in [6, 6.07) is 6.93. The van der Waals surface area contributed by atoms with E-state index in [0.717, 1.165) is 5.56 Å². The van der Waals surface area contributed by atoms with Crippen LogP contribution in [0.4, 0.5) is 0 Å². The maximum absolute atomic E-state index is 11.8. The van der Waals surface area contributed by atoms with E-state index in [-0.39, 0.29) is 6.42 Å². The van der Waals surface area contributed by atoms with E-state index in [2.05, 4.69) is 10.1 Å². The molecule has 0 unspecified atom stereocenters. The highest BCUT2D eigenvalue weighted by Gasteiger charge is 2.46. The minimum atomic E-state index is -1.85. The molecule has 56 heavy (non-hydrogen) atoms. The minimum absolute atomic E-state index is 0.235. The van der Waals surface area contributed by atoms with E-state index in [4.69, 9.17) is 66.3 Å². The predicted molar refractivity (Wildman–Crippen MR) is 183 cm³/mol. The number of ether oxygens (including phenoxy) is 3. The molecule has 1 aliphatic rings. The zero-order valence-electron chi connectivity index (χ0n) is 30.2. The van der Waals surface area contributed by atoms with Crippen LogP contribution < -0.4 is 11.1 Å². The third kappa shape index (κ3) is 17.6. The summed E-state index contributed by atoms with van der Waals surface area (Å²) in [6.07, 6.45) is -21.7. The Hall–Kier alpha value is -3.09. The number of aliphatic hydroxyl groups excluding tert-OH is 15. The molecule has 19 N–H and O–H groups in total. The van der Waals surface area contributed by atoms with Crippen LogP contribution in [0.2, 0.25) is 0 Å². The van der Waals surface area contributed by atoms with E-state index in [1.807, 2.05) is 18.2 Å². The van der Waals surface area contributed by atoms with Gasteiger partial charge in [-0.2, -0.15) is 0 Å². The number of carboxylic acids is 1. The molecule has 1 aromatic rings. The highest BCUT2D eigenvalue weighted by Crippen LogP contribution is 2.25. The summed E-state index contributed by atoms with van der Waals surface area (Å²) in [5.41, 5.74) is 6.29. The second-order valence-corrected chi connectivity index (χ2v) is 12.2. The van der Waals surface area contributed by atoms with Crippen molar-refractivity contribution in [3.63, 3.8) is 0 Å². The van der Waals surface area contributed by atoms with Crippen molar-refractivity contribution in [2.24, 2.45) is 5.73 Å². The molecule has 326 valence electrons. The molecule has 0 radical (unpaired) electrons. The number of benzene rings is 1. The number of esters is 1. The topological polar surface area (TPSA) is 441 Å². The normalized spacial score (nSPS) is 24.8. The molecule has 1 aromatic carbocycles. The van der Waals surface area contributed by atoms with Gasteiger partial charge in [0.25, 0.3) is 0 Å². The second-order valence-electron chi connectivity index (χ2n) is 12.2. The van der Waals surface area contributed by atoms with Crippen LogP contribution >= 0.6 is 0 Å². The maximum Gasteiger partial charge on any atom is 0.328 e. The number of amides is 1. The molecule has 0 saturated carbocycles. The first kappa shape index (κ1) is 52.9. The van der Waals surface area contributed by atoms with Crippen LogP contribution in [0.5, 0.6) is 0 Å². The molecule has 24 nitrogen and oxygen atoms in total. The van der Waals surface area contributed by atoms with Crippen molar-refractivity contribution < 1.29 is 110 Å². The smallest absolute Gasteiger partial charge is 0.328 e. The number of carboxylic acid groups (broad SMARTS) is 1. The van der Waals surface area contributed by atoms with Crippen molar-refractivity contribution in [2.45, 2.75) is 104 Å². The molecule has 1 amide bonds. The summed E-state index contributed by atoms with van der Waals surface area (Å²) in [5.74, 6) is -2.51. The van der Waals surface area contributed by atoms with Crippen molar-refractivity contribution in [1.82, 2.24) is 5.32 Å². The lowest BCUT2D eigenvalue weighted by atomic mass is 9.98. The SMILES string of the molecule is COC(=O)[C@H](Cc1ccccc1)NC(=O)[C@@H](N)CC(=O)O.OC[C@@H](O)[C@@H](O)[C@H](O)[C@@H](O)CO.OC[C@@H](O)[C@@H](O[C@H]1O[C@H](CO)[C@@H](O)[C@H](O)[C@H]1O)[C@H](O)[C@@H](O)CO. The molecular weight excluding hydrogens is 764 g/mol. The molecule has 1 aliphatic heterocycles. The van der Waals surface area contributed by atoms with Crippen LogP contribution in [-0.4, -0.2) is 231 Å². The molecule has 1 saturated heterocycles. The standard InChI is InChI=1S/C14H18N2O5.C12H24O11.C6H14O6/c1-21-14(20)11(7-9-5-3-2-4-6-9)16-13(19)10(15)8-12(17)18;13-1-4(16)7(18)11(5(17)2-14)23-12-10(21)9(20)8(19)6(3-15)22-12;7-1-3(9)5(11)6(12)4(10)2-8/h2-6,10-11H,7-8,15H2,1H3,(H,16,19)(H,17,18);4-21H,1-3H2;3-12H,1-2H2/t10-,11-;4-,5+,6+,7+,8+,9-,10+,11+,12+;3-,4+,5-,6-/m001/s1. The average Bonchev–Trinajstić information content (AvgIpc) is 3.20. The molecule has 0 bridgehead atoms. The van der Waals surface area contributed by atoms with Gasteiger partial charge in [-0.3, -0.25) is 9.59 Å². The average molecular weight is 821 g/mol. The minimum Gasteiger partial charge on any atom is -0.481 e. The largest absolute Gasteiger partial charge is 0.481 e. The summed E-state index contributed by atoms with van der Waals surface area (Å²) in [5, 5.41) is 148. The summed E-state index contributed by atoms with van der Waals surface area (Å²) in [6.45, 7) is -3.91.